The van der Waals surface area contributed by atoms with Crippen LogP contribution in [0.15, 0.2) is 18.2 Å². The first-order valence-corrected chi connectivity index (χ1v) is 6.53. The van der Waals surface area contributed by atoms with Crippen molar-refractivity contribution in [2.45, 2.75) is 25.4 Å². The highest BCUT2D eigenvalue weighted by atomic mass is 35.5. The van der Waals surface area contributed by atoms with Crippen molar-refractivity contribution in [3.05, 3.63) is 28.8 Å². The zero-order valence-corrected chi connectivity index (χ0v) is 11.5. The summed E-state index contributed by atoms with van der Waals surface area (Å²) >= 11 is 6.00. The first-order valence-electron chi connectivity index (χ1n) is 6.15. The van der Waals surface area contributed by atoms with E-state index in [4.69, 9.17) is 21.1 Å². The number of aliphatic hydroxyl groups is 1. The van der Waals surface area contributed by atoms with E-state index in [0.717, 1.165) is 24.3 Å². The molecule has 1 aromatic rings. The Balaban J connectivity index is 2.19. The van der Waals surface area contributed by atoms with Gasteiger partial charge in [-0.25, -0.2) is 0 Å². The van der Waals surface area contributed by atoms with Crippen molar-refractivity contribution in [1.29, 1.82) is 0 Å². The lowest BCUT2D eigenvalue weighted by molar-refractivity contribution is -0.00494. The molecule has 4 heteroatoms. The van der Waals surface area contributed by atoms with E-state index in [1.807, 2.05) is 19.1 Å². The summed E-state index contributed by atoms with van der Waals surface area (Å²) in [5.74, 6) is 0.930. The minimum absolute atomic E-state index is 0.168. The first-order chi connectivity index (χ1) is 8.53. The Hall–Kier alpha value is -0.770. The second-order valence-corrected chi connectivity index (χ2v) is 5.49. The van der Waals surface area contributed by atoms with Crippen LogP contribution in [0.2, 0.25) is 5.02 Å². The quantitative estimate of drug-likeness (QED) is 0.914. The van der Waals surface area contributed by atoms with Gasteiger partial charge in [0.1, 0.15) is 5.75 Å². The van der Waals surface area contributed by atoms with Crippen LogP contribution in [0, 0.1) is 5.92 Å². The third-order valence-electron chi connectivity index (χ3n) is 3.60. The molecule has 1 aromatic carbocycles. The van der Waals surface area contributed by atoms with Crippen LogP contribution < -0.4 is 4.74 Å². The number of benzene rings is 1. The summed E-state index contributed by atoms with van der Waals surface area (Å²) in [5.41, 5.74) is 0.135. The Morgan fingerprint density at radius 2 is 2.33 bits per heavy atom. The summed E-state index contributed by atoms with van der Waals surface area (Å²) in [6, 6.07) is 5.47. The molecule has 1 aliphatic rings. The maximum absolute atomic E-state index is 10.6. The van der Waals surface area contributed by atoms with Crippen LogP contribution in [0.3, 0.4) is 0 Å². The number of hydrogen-bond acceptors (Lipinski definition) is 3. The van der Waals surface area contributed by atoms with Crippen molar-refractivity contribution in [2.75, 3.05) is 20.3 Å². The van der Waals surface area contributed by atoms with Crippen molar-refractivity contribution < 1.29 is 14.6 Å². The van der Waals surface area contributed by atoms with Crippen LogP contribution in [0.1, 0.15) is 18.9 Å². The third-order valence-corrected chi connectivity index (χ3v) is 3.84. The second kappa shape index (κ2) is 5.47. The summed E-state index contributed by atoms with van der Waals surface area (Å²) in [4.78, 5) is 0. The zero-order valence-electron chi connectivity index (χ0n) is 10.8. The van der Waals surface area contributed by atoms with Crippen LogP contribution >= 0.6 is 11.6 Å². The number of halogens is 1. The van der Waals surface area contributed by atoms with Gasteiger partial charge >= 0.3 is 0 Å². The molecule has 2 rings (SSSR count). The highest BCUT2D eigenvalue weighted by Crippen LogP contribution is 2.33. The highest BCUT2D eigenvalue weighted by molar-refractivity contribution is 6.30. The molecule has 2 unspecified atom stereocenters. The molecule has 0 saturated carbocycles. The Bertz CT molecular complexity index is 412. The van der Waals surface area contributed by atoms with Gasteiger partial charge in [0.05, 0.1) is 19.3 Å². The fourth-order valence-corrected chi connectivity index (χ4v) is 2.63. The molecular formula is C14H19ClO3. The molecule has 0 aliphatic carbocycles. The molecule has 0 radical (unpaired) electrons. The summed E-state index contributed by atoms with van der Waals surface area (Å²) in [5, 5.41) is 11.3. The lowest BCUT2D eigenvalue weighted by Crippen LogP contribution is -2.37. The van der Waals surface area contributed by atoms with Crippen molar-refractivity contribution in [3.63, 3.8) is 0 Å². The summed E-state index contributed by atoms with van der Waals surface area (Å²) in [6.07, 6.45) is 1.42. The number of hydrogen-bond donors (Lipinski definition) is 1. The molecule has 1 heterocycles. The van der Waals surface area contributed by atoms with Crippen molar-refractivity contribution >= 4 is 11.6 Å². The van der Waals surface area contributed by atoms with Gasteiger partial charge in [0, 0.05) is 24.0 Å². The average molecular weight is 271 g/mol. The molecule has 1 aliphatic heterocycles. The largest absolute Gasteiger partial charge is 0.496 e. The Labute approximate surface area is 113 Å². The normalized spacial score (nSPS) is 22.8. The van der Waals surface area contributed by atoms with Gasteiger partial charge < -0.3 is 14.6 Å². The predicted molar refractivity (Wildman–Crippen MR) is 71.3 cm³/mol. The van der Waals surface area contributed by atoms with E-state index in [9.17, 15) is 5.11 Å². The lowest BCUT2D eigenvalue weighted by atomic mass is 9.83. The molecule has 3 nitrogen and oxygen atoms in total. The molecule has 1 N–H and O–H groups in total. The van der Waals surface area contributed by atoms with E-state index >= 15 is 0 Å². The molecule has 2 atom stereocenters. The molecule has 1 fully saturated rings. The average Bonchev–Trinajstić information content (AvgIpc) is 2.83. The fourth-order valence-electron chi connectivity index (χ4n) is 2.44. The number of ether oxygens (including phenoxy) is 2. The maximum Gasteiger partial charge on any atom is 0.122 e. The first kappa shape index (κ1) is 13.7. The van der Waals surface area contributed by atoms with Crippen molar-refractivity contribution in [3.8, 4) is 5.75 Å². The van der Waals surface area contributed by atoms with Gasteiger partial charge in [-0.05, 0) is 37.1 Å². The minimum atomic E-state index is -0.797. The summed E-state index contributed by atoms with van der Waals surface area (Å²) < 4.78 is 10.7. The van der Waals surface area contributed by atoms with Gasteiger partial charge in [-0.2, -0.15) is 0 Å². The molecule has 0 amide bonds. The summed E-state index contributed by atoms with van der Waals surface area (Å²) in [6.45, 7) is 3.20. The van der Waals surface area contributed by atoms with Gasteiger partial charge in [-0.3, -0.25) is 0 Å². The van der Waals surface area contributed by atoms with Gasteiger partial charge in [0.15, 0.2) is 0 Å². The highest BCUT2D eigenvalue weighted by Gasteiger charge is 2.35. The van der Waals surface area contributed by atoms with Crippen LogP contribution in [-0.4, -0.2) is 31.0 Å². The number of rotatable bonds is 4. The molecule has 18 heavy (non-hydrogen) atoms. The van der Waals surface area contributed by atoms with Crippen molar-refractivity contribution in [2.24, 2.45) is 5.92 Å². The maximum atomic E-state index is 10.6. The molecule has 0 bridgehead atoms. The molecular weight excluding hydrogens is 252 g/mol. The smallest absolute Gasteiger partial charge is 0.122 e. The van der Waals surface area contributed by atoms with E-state index in [2.05, 4.69) is 0 Å². The van der Waals surface area contributed by atoms with E-state index in [1.54, 1.807) is 13.2 Å². The molecule has 100 valence electrons. The topological polar surface area (TPSA) is 38.7 Å². The standard InChI is InChI=1S/C14H19ClO3/c1-14(16,11-5-6-18-9-11)8-10-7-12(15)3-4-13(10)17-2/h3-4,7,11,16H,5-6,8-9H2,1-2H3. The van der Waals surface area contributed by atoms with E-state index < -0.39 is 5.60 Å². The molecule has 0 aromatic heterocycles. The molecule has 1 saturated heterocycles. The zero-order chi connectivity index (χ0) is 13.2. The third kappa shape index (κ3) is 2.97. The Morgan fingerprint density at radius 3 is 2.94 bits per heavy atom. The molecule has 0 spiro atoms. The van der Waals surface area contributed by atoms with Gasteiger partial charge in [0.25, 0.3) is 0 Å². The van der Waals surface area contributed by atoms with Crippen molar-refractivity contribution in [1.82, 2.24) is 0 Å². The Kier molecular flexibility index (Phi) is 4.15. The fraction of sp³-hybridized carbons (Fsp3) is 0.571. The van der Waals surface area contributed by atoms with Crippen LogP contribution in [0.25, 0.3) is 0 Å². The second-order valence-electron chi connectivity index (χ2n) is 5.05. The monoisotopic (exact) mass is 270 g/mol. The number of methoxy groups -OCH3 is 1. The SMILES string of the molecule is COc1ccc(Cl)cc1CC(C)(O)C1CCOC1. The van der Waals surface area contributed by atoms with Crippen LogP contribution in [0.5, 0.6) is 5.75 Å². The van der Waals surface area contributed by atoms with Gasteiger partial charge in [0.2, 0.25) is 0 Å². The van der Waals surface area contributed by atoms with Gasteiger partial charge in [-0.1, -0.05) is 11.6 Å². The van der Waals surface area contributed by atoms with E-state index in [-0.39, 0.29) is 5.92 Å². The van der Waals surface area contributed by atoms with Crippen LogP contribution in [0.4, 0.5) is 0 Å². The van der Waals surface area contributed by atoms with E-state index in [0.29, 0.717) is 18.1 Å². The van der Waals surface area contributed by atoms with E-state index in [1.165, 1.54) is 0 Å². The Morgan fingerprint density at radius 1 is 1.56 bits per heavy atom. The predicted octanol–water partition coefficient (Wildman–Crippen LogP) is 2.68. The lowest BCUT2D eigenvalue weighted by Gasteiger charge is -2.29. The minimum Gasteiger partial charge on any atom is -0.496 e. The van der Waals surface area contributed by atoms with Crippen LogP contribution in [-0.2, 0) is 11.2 Å². The van der Waals surface area contributed by atoms with Gasteiger partial charge in [-0.15, -0.1) is 0 Å². The summed E-state index contributed by atoms with van der Waals surface area (Å²) in [7, 11) is 1.63.